The fraction of sp³-hybridized carbons (Fsp3) is 0.0690. The van der Waals surface area contributed by atoms with Crippen molar-refractivity contribution >= 4 is 33.4 Å². The number of fused-ring (bicyclic) bond motifs is 2. The van der Waals surface area contributed by atoms with Crippen molar-refractivity contribution in [1.29, 1.82) is 0 Å². The highest BCUT2D eigenvalue weighted by molar-refractivity contribution is 7.13. The average molecular weight is 533 g/mol. The van der Waals surface area contributed by atoms with Gasteiger partial charge in [-0.05, 0) is 47.5 Å². The number of pyridine rings is 3. The molecule has 0 radical (unpaired) electrons. The molecule has 0 aliphatic carbocycles. The first-order valence-corrected chi connectivity index (χ1v) is 13.2. The molecule has 39 heavy (non-hydrogen) atoms. The van der Waals surface area contributed by atoms with E-state index in [1.165, 1.54) is 11.6 Å². The minimum absolute atomic E-state index is 0.264. The smallest absolute Gasteiger partial charge is 0.177 e. The van der Waals surface area contributed by atoms with Gasteiger partial charge in [0.2, 0.25) is 0 Å². The van der Waals surface area contributed by atoms with Crippen molar-refractivity contribution in [2.45, 2.75) is 13.1 Å². The fourth-order valence-electron chi connectivity index (χ4n) is 4.57. The lowest BCUT2D eigenvalue weighted by atomic mass is 10.1. The van der Waals surface area contributed by atoms with Crippen LogP contribution in [-0.4, -0.2) is 35.1 Å². The molecule has 6 aromatic heterocycles. The van der Waals surface area contributed by atoms with E-state index in [-0.39, 0.29) is 5.13 Å². The number of nitrogens with zero attached hydrogens (tertiary/aromatic N) is 5. The summed E-state index contributed by atoms with van der Waals surface area (Å²) in [5.74, 6) is 0.559. The van der Waals surface area contributed by atoms with Crippen LogP contribution in [0.5, 0.6) is 0 Å². The number of hydrogen-bond donors (Lipinski definition) is 3. The Labute approximate surface area is 226 Å². The lowest BCUT2D eigenvalue weighted by Gasteiger charge is -2.07. The first-order valence-electron chi connectivity index (χ1n) is 12.4. The van der Waals surface area contributed by atoms with Gasteiger partial charge >= 0.3 is 0 Å². The van der Waals surface area contributed by atoms with E-state index in [0.717, 1.165) is 45.7 Å². The average Bonchev–Trinajstić information content (AvgIpc) is 3.71. The number of aromatic nitrogens is 7. The van der Waals surface area contributed by atoms with Gasteiger partial charge < -0.3 is 10.3 Å². The van der Waals surface area contributed by atoms with Gasteiger partial charge in [0.15, 0.2) is 16.6 Å². The highest BCUT2D eigenvalue weighted by atomic mass is 32.1. The SMILES string of the molecule is Fc1ccc(-c2nccc3[nH]c(-c4n[nH]c5ccc(-c6cncc(CNCc7ccccc7)c6)nc45)nc23)s1. The molecule has 0 unspecified atom stereocenters. The zero-order chi connectivity index (χ0) is 26.2. The molecule has 0 bridgehead atoms. The first kappa shape index (κ1) is 23.3. The van der Waals surface area contributed by atoms with Gasteiger partial charge in [0.25, 0.3) is 0 Å². The van der Waals surface area contributed by atoms with E-state index in [4.69, 9.17) is 9.97 Å². The van der Waals surface area contributed by atoms with Crippen molar-refractivity contribution in [1.82, 2.24) is 40.4 Å². The molecule has 0 aliphatic heterocycles. The molecule has 7 rings (SSSR count). The van der Waals surface area contributed by atoms with Gasteiger partial charge in [-0.1, -0.05) is 30.3 Å². The summed E-state index contributed by atoms with van der Waals surface area (Å²) in [4.78, 5) is 22.7. The molecule has 0 spiro atoms. The molecule has 0 aliphatic rings. The molecule has 0 atom stereocenters. The lowest BCUT2D eigenvalue weighted by Crippen LogP contribution is -2.12. The van der Waals surface area contributed by atoms with Crippen LogP contribution in [-0.2, 0) is 13.1 Å². The fourth-order valence-corrected chi connectivity index (χ4v) is 5.29. The highest BCUT2D eigenvalue weighted by Crippen LogP contribution is 2.33. The lowest BCUT2D eigenvalue weighted by molar-refractivity contribution is 0.657. The van der Waals surface area contributed by atoms with E-state index in [1.54, 1.807) is 12.3 Å². The van der Waals surface area contributed by atoms with E-state index in [0.29, 0.717) is 39.7 Å². The maximum atomic E-state index is 13.7. The van der Waals surface area contributed by atoms with Crippen LogP contribution in [0.4, 0.5) is 4.39 Å². The molecule has 0 amide bonds. The van der Waals surface area contributed by atoms with Crippen molar-refractivity contribution < 1.29 is 4.39 Å². The number of H-pyrrole nitrogens is 2. The topological polar surface area (TPSA) is 108 Å². The Morgan fingerprint density at radius 3 is 2.56 bits per heavy atom. The molecule has 0 saturated carbocycles. The summed E-state index contributed by atoms with van der Waals surface area (Å²) < 4.78 is 13.7. The molecule has 7 aromatic rings. The normalized spacial score (nSPS) is 11.5. The number of hydrogen-bond acceptors (Lipinski definition) is 7. The van der Waals surface area contributed by atoms with Gasteiger partial charge in [-0.25, -0.2) is 9.97 Å². The number of nitrogens with one attached hydrogen (secondary N) is 3. The third-order valence-electron chi connectivity index (χ3n) is 6.43. The van der Waals surface area contributed by atoms with Gasteiger partial charge in [0.1, 0.15) is 16.7 Å². The van der Waals surface area contributed by atoms with Crippen LogP contribution in [0.15, 0.2) is 85.3 Å². The molecule has 0 saturated heterocycles. The molecular formula is C29H21FN8S. The molecular weight excluding hydrogens is 511 g/mol. The van der Waals surface area contributed by atoms with Crippen LogP contribution in [0.2, 0.25) is 0 Å². The standard InChI is InChI=1S/C29H21FN8S/c30-24-9-8-23(39-24)27-25-21(10-11-33-27)35-29(36-25)28-26-22(37-38-28)7-6-20(34-26)19-12-18(15-32-16-19)14-31-13-17-4-2-1-3-5-17/h1-12,15-16,31H,13-14H2,(H,35,36)(H,37,38). The minimum atomic E-state index is -0.264. The number of benzene rings is 1. The monoisotopic (exact) mass is 532 g/mol. The third kappa shape index (κ3) is 4.56. The molecule has 8 nitrogen and oxygen atoms in total. The number of rotatable bonds is 7. The Balaban J connectivity index is 1.20. The zero-order valence-electron chi connectivity index (χ0n) is 20.5. The van der Waals surface area contributed by atoms with Crippen LogP contribution >= 0.6 is 11.3 Å². The summed E-state index contributed by atoms with van der Waals surface area (Å²) in [6.45, 7) is 1.47. The highest BCUT2D eigenvalue weighted by Gasteiger charge is 2.18. The quantitative estimate of drug-likeness (QED) is 0.228. The van der Waals surface area contributed by atoms with Gasteiger partial charge in [-0.15, -0.1) is 11.3 Å². The molecule has 0 fully saturated rings. The molecule has 1 aromatic carbocycles. The second-order valence-electron chi connectivity index (χ2n) is 9.08. The maximum absolute atomic E-state index is 13.7. The molecule has 6 heterocycles. The maximum Gasteiger partial charge on any atom is 0.177 e. The van der Waals surface area contributed by atoms with Gasteiger partial charge in [0.05, 0.1) is 21.6 Å². The largest absolute Gasteiger partial charge is 0.336 e. The van der Waals surface area contributed by atoms with Crippen molar-refractivity contribution in [2.75, 3.05) is 0 Å². The molecule has 3 N–H and O–H groups in total. The van der Waals surface area contributed by atoms with Crippen molar-refractivity contribution in [3.8, 4) is 33.3 Å². The summed E-state index contributed by atoms with van der Waals surface area (Å²) in [6.07, 6.45) is 5.36. The Morgan fingerprint density at radius 1 is 0.821 bits per heavy atom. The Bertz CT molecular complexity index is 1920. The van der Waals surface area contributed by atoms with E-state index in [1.807, 2.05) is 48.8 Å². The number of halogens is 1. The van der Waals surface area contributed by atoms with Crippen LogP contribution in [0.25, 0.3) is 55.4 Å². The van der Waals surface area contributed by atoms with Crippen LogP contribution < -0.4 is 5.32 Å². The van der Waals surface area contributed by atoms with Gasteiger partial charge in [-0.3, -0.25) is 15.1 Å². The van der Waals surface area contributed by atoms with Gasteiger partial charge in [0, 0.05) is 37.2 Å². The van der Waals surface area contributed by atoms with E-state index in [2.05, 4.69) is 48.7 Å². The summed E-state index contributed by atoms with van der Waals surface area (Å²) in [7, 11) is 0. The van der Waals surface area contributed by atoms with Crippen LogP contribution in [0, 0.1) is 5.13 Å². The Hall–Kier alpha value is -4.80. The van der Waals surface area contributed by atoms with Crippen LogP contribution in [0.3, 0.4) is 0 Å². The van der Waals surface area contributed by atoms with Crippen LogP contribution in [0.1, 0.15) is 11.1 Å². The summed E-state index contributed by atoms with van der Waals surface area (Å²) in [5, 5.41) is 10.8. The van der Waals surface area contributed by atoms with Crippen molar-refractivity contribution in [3.05, 3.63) is 102 Å². The van der Waals surface area contributed by atoms with E-state index >= 15 is 0 Å². The second-order valence-corrected chi connectivity index (χ2v) is 10.1. The Kier molecular flexibility index (Phi) is 5.87. The summed E-state index contributed by atoms with van der Waals surface area (Å²) in [6, 6.07) is 21.3. The van der Waals surface area contributed by atoms with E-state index < -0.39 is 0 Å². The summed E-state index contributed by atoms with van der Waals surface area (Å²) >= 11 is 1.04. The predicted molar refractivity (Wildman–Crippen MR) is 150 cm³/mol. The predicted octanol–water partition coefficient (Wildman–Crippen LogP) is 6.12. The van der Waals surface area contributed by atoms with Gasteiger partial charge in [-0.2, -0.15) is 9.49 Å². The van der Waals surface area contributed by atoms with Crippen molar-refractivity contribution in [2.24, 2.45) is 0 Å². The van der Waals surface area contributed by atoms with Crippen molar-refractivity contribution in [3.63, 3.8) is 0 Å². The minimum Gasteiger partial charge on any atom is -0.336 e. The second kappa shape index (κ2) is 9.82. The first-order chi connectivity index (χ1) is 19.2. The zero-order valence-corrected chi connectivity index (χ0v) is 21.3. The van der Waals surface area contributed by atoms with E-state index in [9.17, 15) is 4.39 Å². The molecule has 190 valence electrons. The Morgan fingerprint density at radius 2 is 1.69 bits per heavy atom. The third-order valence-corrected chi connectivity index (χ3v) is 7.31. The summed E-state index contributed by atoms with van der Waals surface area (Å²) in [5.41, 5.74) is 8.15. The number of aromatic amines is 2. The number of imidazole rings is 1. The molecule has 10 heteroatoms. The number of thiophene rings is 1.